The zero-order chi connectivity index (χ0) is 15.8. The van der Waals surface area contributed by atoms with Crippen LogP contribution < -0.4 is 5.32 Å². The monoisotopic (exact) mass is 293 g/mol. The van der Waals surface area contributed by atoms with Gasteiger partial charge in [0.2, 0.25) is 5.91 Å². The average Bonchev–Trinajstić information content (AvgIpc) is 2.47. The van der Waals surface area contributed by atoms with Crippen LogP contribution in [0.3, 0.4) is 0 Å². The second-order valence-electron chi connectivity index (χ2n) is 4.37. The fourth-order valence-electron chi connectivity index (χ4n) is 1.66. The number of carbonyl (C=O) groups excluding carboxylic acids is 3. The first-order chi connectivity index (χ1) is 9.97. The van der Waals surface area contributed by atoms with Gasteiger partial charge < -0.3 is 14.8 Å². The first-order valence-corrected chi connectivity index (χ1v) is 6.62. The SMILES string of the molecule is CCOC(=O)CCC(=O)Nc1cc(C(=O)OC)ccc1C. The molecule has 1 N–H and O–H groups in total. The number of esters is 2. The van der Waals surface area contributed by atoms with Crippen LogP contribution in [-0.4, -0.2) is 31.6 Å². The molecule has 0 fully saturated rings. The number of methoxy groups -OCH3 is 1. The Balaban J connectivity index is 2.67. The van der Waals surface area contributed by atoms with Crippen LogP contribution in [0.15, 0.2) is 18.2 Å². The number of anilines is 1. The second kappa shape index (κ2) is 8.04. The molecule has 0 saturated heterocycles. The smallest absolute Gasteiger partial charge is 0.337 e. The van der Waals surface area contributed by atoms with Gasteiger partial charge in [-0.2, -0.15) is 0 Å². The lowest BCUT2D eigenvalue weighted by atomic mass is 10.1. The van der Waals surface area contributed by atoms with Gasteiger partial charge >= 0.3 is 11.9 Å². The maximum absolute atomic E-state index is 11.8. The van der Waals surface area contributed by atoms with E-state index in [1.54, 1.807) is 25.1 Å². The van der Waals surface area contributed by atoms with Gasteiger partial charge in [0.1, 0.15) is 0 Å². The molecule has 0 unspecified atom stereocenters. The summed E-state index contributed by atoms with van der Waals surface area (Å²) in [5.41, 5.74) is 1.68. The van der Waals surface area contributed by atoms with E-state index in [9.17, 15) is 14.4 Å². The quantitative estimate of drug-likeness (QED) is 0.812. The zero-order valence-corrected chi connectivity index (χ0v) is 12.4. The van der Waals surface area contributed by atoms with Crippen LogP contribution in [0.5, 0.6) is 0 Å². The Morgan fingerprint density at radius 3 is 2.52 bits per heavy atom. The highest BCUT2D eigenvalue weighted by Gasteiger charge is 2.12. The molecule has 0 bridgehead atoms. The van der Waals surface area contributed by atoms with Gasteiger partial charge in [0, 0.05) is 12.1 Å². The molecule has 6 heteroatoms. The van der Waals surface area contributed by atoms with Crippen LogP contribution in [-0.2, 0) is 19.1 Å². The number of amides is 1. The van der Waals surface area contributed by atoms with Crippen molar-refractivity contribution >= 4 is 23.5 Å². The maximum atomic E-state index is 11.8. The summed E-state index contributed by atoms with van der Waals surface area (Å²) in [5, 5.41) is 2.67. The molecule has 1 aromatic carbocycles. The predicted octanol–water partition coefficient (Wildman–Crippen LogP) is 2.06. The zero-order valence-electron chi connectivity index (χ0n) is 12.4. The van der Waals surface area contributed by atoms with Gasteiger partial charge in [-0.05, 0) is 31.5 Å². The largest absolute Gasteiger partial charge is 0.466 e. The molecule has 0 atom stereocenters. The molecule has 1 amide bonds. The summed E-state index contributed by atoms with van der Waals surface area (Å²) < 4.78 is 9.38. The lowest BCUT2D eigenvalue weighted by Crippen LogP contribution is -2.15. The van der Waals surface area contributed by atoms with Crippen molar-refractivity contribution < 1.29 is 23.9 Å². The Morgan fingerprint density at radius 2 is 1.90 bits per heavy atom. The molecular weight excluding hydrogens is 274 g/mol. The molecule has 0 spiro atoms. The minimum absolute atomic E-state index is 0.0232. The van der Waals surface area contributed by atoms with Gasteiger partial charge in [0.25, 0.3) is 0 Å². The number of nitrogens with one attached hydrogen (secondary N) is 1. The van der Waals surface area contributed by atoms with Gasteiger partial charge in [0.15, 0.2) is 0 Å². The van der Waals surface area contributed by atoms with Crippen molar-refractivity contribution in [1.82, 2.24) is 0 Å². The number of benzene rings is 1. The van der Waals surface area contributed by atoms with Crippen LogP contribution in [0.2, 0.25) is 0 Å². The molecule has 0 aliphatic rings. The van der Waals surface area contributed by atoms with Crippen LogP contribution in [0.4, 0.5) is 5.69 Å². The van der Waals surface area contributed by atoms with E-state index in [1.807, 2.05) is 6.92 Å². The van der Waals surface area contributed by atoms with Gasteiger partial charge in [-0.15, -0.1) is 0 Å². The van der Waals surface area contributed by atoms with Crippen LogP contribution in [0.25, 0.3) is 0 Å². The third-order valence-corrected chi connectivity index (χ3v) is 2.79. The molecule has 0 aliphatic carbocycles. The molecule has 1 rings (SSSR count). The highest BCUT2D eigenvalue weighted by molar-refractivity contribution is 5.96. The number of carbonyl (C=O) groups is 3. The van der Waals surface area contributed by atoms with Crippen molar-refractivity contribution in [3.63, 3.8) is 0 Å². The second-order valence-corrected chi connectivity index (χ2v) is 4.37. The molecule has 0 heterocycles. The maximum Gasteiger partial charge on any atom is 0.337 e. The molecule has 0 aromatic heterocycles. The van der Waals surface area contributed by atoms with E-state index in [0.717, 1.165) is 5.56 Å². The minimum atomic E-state index is -0.475. The predicted molar refractivity (Wildman–Crippen MR) is 77.0 cm³/mol. The van der Waals surface area contributed by atoms with E-state index in [-0.39, 0.29) is 18.7 Å². The minimum Gasteiger partial charge on any atom is -0.466 e. The molecular formula is C15H19NO5. The van der Waals surface area contributed by atoms with E-state index in [1.165, 1.54) is 7.11 Å². The van der Waals surface area contributed by atoms with Gasteiger partial charge in [0.05, 0.1) is 25.7 Å². The first kappa shape index (κ1) is 16.7. The average molecular weight is 293 g/mol. The van der Waals surface area contributed by atoms with Gasteiger partial charge in [-0.3, -0.25) is 9.59 Å². The summed E-state index contributed by atoms with van der Waals surface area (Å²) in [5.74, 6) is -1.20. The topological polar surface area (TPSA) is 81.7 Å². The lowest BCUT2D eigenvalue weighted by Gasteiger charge is -2.10. The number of ether oxygens (including phenoxy) is 2. The molecule has 0 saturated carbocycles. The fraction of sp³-hybridized carbons (Fsp3) is 0.400. The Labute approximate surface area is 123 Å². The van der Waals surface area contributed by atoms with E-state index >= 15 is 0 Å². The summed E-state index contributed by atoms with van der Waals surface area (Å²) in [4.78, 5) is 34.4. The third kappa shape index (κ3) is 5.25. The molecule has 21 heavy (non-hydrogen) atoms. The van der Waals surface area contributed by atoms with E-state index in [4.69, 9.17) is 4.74 Å². The number of hydrogen-bond acceptors (Lipinski definition) is 5. The molecule has 114 valence electrons. The van der Waals surface area contributed by atoms with Crippen LogP contribution >= 0.6 is 0 Å². The Bertz CT molecular complexity index is 539. The molecule has 0 aliphatic heterocycles. The summed E-state index contributed by atoms with van der Waals surface area (Å²) >= 11 is 0. The summed E-state index contributed by atoms with van der Waals surface area (Å²) in [6.45, 7) is 3.81. The highest BCUT2D eigenvalue weighted by Crippen LogP contribution is 2.18. The van der Waals surface area contributed by atoms with E-state index < -0.39 is 11.9 Å². The first-order valence-electron chi connectivity index (χ1n) is 6.62. The normalized spacial score (nSPS) is 9.86. The van der Waals surface area contributed by atoms with Crippen molar-refractivity contribution in [2.75, 3.05) is 19.0 Å². The van der Waals surface area contributed by atoms with E-state index in [2.05, 4.69) is 10.1 Å². The Morgan fingerprint density at radius 1 is 1.19 bits per heavy atom. The van der Waals surface area contributed by atoms with E-state index in [0.29, 0.717) is 17.9 Å². The van der Waals surface area contributed by atoms with Crippen molar-refractivity contribution in [3.8, 4) is 0 Å². The van der Waals surface area contributed by atoms with Crippen LogP contribution in [0, 0.1) is 6.92 Å². The Hall–Kier alpha value is -2.37. The number of rotatable bonds is 6. The number of hydrogen-bond donors (Lipinski definition) is 1. The standard InChI is InChI=1S/C15H19NO5/c1-4-21-14(18)8-7-13(17)16-12-9-11(15(19)20-3)6-5-10(12)2/h5-6,9H,4,7-8H2,1-3H3,(H,16,17). The van der Waals surface area contributed by atoms with Crippen molar-refractivity contribution in [3.05, 3.63) is 29.3 Å². The van der Waals surface area contributed by atoms with Crippen molar-refractivity contribution in [1.29, 1.82) is 0 Å². The molecule has 0 radical (unpaired) electrons. The highest BCUT2D eigenvalue weighted by atomic mass is 16.5. The fourth-order valence-corrected chi connectivity index (χ4v) is 1.66. The third-order valence-electron chi connectivity index (χ3n) is 2.79. The molecule has 6 nitrogen and oxygen atoms in total. The summed E-state index contributed by atoms with van der Waals surface area (Å²) in [6.07, 6.45) is 0.0517. The molecule has 1 aromatic rings. The van der Waals surface area contributed by atoms with Crippen molar-refractivity contribution in [2.45, 2.75) is 26.7 Å². The van der Waals surface area contributed by atoms with Gasteiger partial charge in [-0.1, -0.05) is 6.07 Å². The van der Waals surface area contributed by atoms with Crippen molar-refractivity contribution in [2.24, 2.45) is 0 Å². The van der Waals surface area contributed by atoms with Crippen LogP contribution in [0.1, 0.15) is 35.7 Å². The number of aryl methyl sites for hydroxylation is 1. The summed E-state index contributed by atoms with van der Waals surface area (Å²) in [7, 11) is 1.29. The Kier molecular flexibility index (Phi) is 6.39. The van der Waals surface area contributed by atoms with Gasteiger partial charge in [-0.25, -0.2) is 4.79 Å². The summed E-state index contributed by atoms with van der Waals surface area (Å²) in [6, 6.07) is 4.88. The lowest BCUT2D eigenvalue weighted by molar-refractivity contribution is -0.144.